The van der Waals surface area contributed by atoms with Gasteiger partial charge in [0.15, 0.2) is 0 Å². The van der Waals surface area contributed by atoms with E-state index in [0.29, 0.717) is 0 Å². The zero-order chi connectivity index (χ0) is 31.1. The number of alkyl halides is 24. The van der Waals surface area contributed by atoms with Gasteiger partial charge in [-0.3, -0.25) is 0 Å². The van der Waals surface area contributed by atoms with Crippen LogP contribution in [-0.4, -0.2) is 65.7 Å². The van der Waals surface area contributed by atoms with Crippen molar-refractivity contribution in [1.82, 2.24) is 0 Å². The van der Waals surface area contributed by atoms with Gasteiger partial charge in [0, 0.05) is 0 Å². The Morgan fingerprint density at radius 2 is 0.459 bits per heavy atom. The second-order valence-corrected chi connectivity index (χ2v) is 6.48. The van der Waals surface area contributed by atoms with E-state index in [-0.39, 0.29) is 0 Å². The van der Waals surface area contributed by atoms with Crippen LogP contribution >= 0.6 is 0 Å². The summed E-state index contributed by atoms with van der Waals surface area (Å²) in [5.41, 5.74) is 0. The second kappa shape index (κ2) is 8.37. The van der Waals surface area contributed by atoms with Crippen LogP contribution < -0.4 is 0 Å². The Balaban J connectivity index is 7.11. The Kier molecular flexibility index (Phi) is 7.98. The van der Waals surface area contributed by atoms with Gasteiger partial charge in [0.05, 0.1) is 0 Å². The van der Waals surface area contributed by atoms with E-state index < -0.39 is 71.8 Å². The summed E-state index contributed by atoms with van der Waals surface area (Å²) in [5.74, 6) is -81.2. The summed E-state index contributed by atoms with van der Waals surface area (Å²) in [6.45, 7) is 0. The predicted octanol–water partition coefficient (Wildman–Crippen LogP) is 8.33. The van der Waals surface area contributed by atoms with Crippen molar-refractivity contribution in [3.05, 3.63) is 6.17 Å². The number of hydrogen-bond acceptors (Lipinski definition) is 0. The van der Waals surface area contributed by atoms with Crippen molar-refractivity contribution >= 4 is 0 Å². The van der Waals surface area contributed by atoms with Crippen LogP contribution in [-0.2, 0) is 0 Å². The van der Waals surface area contributed by atoms with Crippen LogP contribution in [0.2, 0.25) is 0 Å². The van der Waals surface area contributed by atoms with Crippen LogP contribution in [0.3, 0.4) is 0 Å². The Morgan fingerprint density at radius 1 is 0.243 bits per heavy atom. The summed E-state index contributed by atoms with van der Waals surface area (Å²) in [4.78, 5) is 0. The van der Waals surface area contributed by atoms with E-state index >= 15 is 0 Å². The Morgan fingerprint density at radius 3 is 0.676 bits per heavy atom. The van der Waals surface area contributed by atoms with Crippen molar-refractivity contribution in [2.75, 3.05) is 0 Å². The lowest BCUT2D eigenvalue weighted by Gasteiger charge is -2.44. The van der Waals surface area contributed by atoms with Crippen molar-refractivity contribution < 1.29 is 110 Å². The van der Waals surface area contributed by atoms with E-state index in [2.05, 4.69) is 0 Å². The molecule has 0 aliphatic carbocycles. The van der Waals surface area contributed by atoms with Crippen molar-refractivity contribution in [1.29, 1.82) is 0 Å². The first kappa shape index (κ1) is 35.2. The molecular formula is C12F25. The zero-order valence-electron chi connectivity index (χ0n) is 15.4. The highest BCUT2D eigenvalue weighted by Crippen LogP contribution is 2.66. The average Bonchev–Trinajstić information content (AvgIpc) is 2.64. The maximum Gasteiger partial charge on any atom is 0.460 e. The van der Waals surface area contributed by atoms with Crippen LogP contribution in [0.15, 0.2) is 0 Å². The molecule has 25 heteroatoms. The minimum Gasteiger partial charge on any atom is -0.226 e. The van der Waals surface area contributed by atoms with Crippen molar-refractivity contribution in [3.63, 3.8) is 0 Å². The SMILES string of the molecule is F[C](C(F)(F)C(F)(F)F)C(F)(F)C(F)(F)C(F)(F)C(F)(F)C(F)(F)C(F)(F)C(F)(F)C(F)(F)C(F)(F)F. The molecule has 0 N–H and O–H groups in total. The van der Waals surface area contributed by atoms with E-state index in [9.17, 15) is 110 Å². The van der Waals surface area contributed by atoms with E-state index in [0.717, 1.165) is 0 Å². The molecule has 0 aromatic heterocycles. The maximum absolute atomic E-state index is 13.3. The molecule has 0 atom stereocenters. The normalized spacial score (nSPS) is 17.0. The van der Waals surface area contributed by atoms with Gasteiger partial charge < -0.3 is 0 Å². The van der Waals surface area contributed by atoms with E-state index in [1.54, 1.807) is 0 Å². The molecular weight excluding hydrogens is 619 g/mol. The molecule has 37 heavy (non-hydrogen) atoms. The van der Waals surface area contributed by atoms with Crippen LogP contribution in [0.5, 0.6) is 0 Å². The molecule has 0 saturated carbocycles. The van der Waals surface area contributed by atoms with Gasteiger partial charge in [-0.1, -0.05) is 0 Å². The lowest BCUT2D eigenvalue weighted by atomic mass is 9.86. The van der Waals surface area contributed by atoms with Crippen LogP contribution in [0.25, 0.3) is 0 Å². The standard InChI is InChI=1S/C12F25/c13-1(3(16,17)11(32,33)34)2(14,15)4(18,19)5(20,21)6(22,23)7(24,25)8(26,27)9(28,29)10(30,31)12(35,36)37. The van der Waals surface area contributed by atoms with Gasteiger partial charge in [0.1, 0.15) is 0 Å². The molecule has 0 saturated heterocycles. The highest BCUT2D eigenvalue weighted by Gasteiger charge is 2.97. The third-order valence-corrected chi connectivity index (χ3v) is 4.02. The largest absolute Gasteiger partial charge is 0.460 e. The molecule has 1 radical (unpaired) electrons. The fourth-order valence-electron chi connectivity index (χ4n) is 1.82. The van der Waals surface area contributed by atoms with Crippen molar-refractivity contribution in [3.8, 4) is 0 Å². The Bertz CT molecular complexity index is 822. The summed E-state index contributed by atoms with van der Waals surface area (Å²) >= 11 is 0. The van der Waals surface area contributed by atoms with Gasteiger partial charge in [-0.2, -0.15) is 105 Å². The quantitative estimate of drug-likeness (QED) is 0.228. The van der Waals surface area contributed by atoms with Gasteiger partial charge in [-0.15, -0.1) is 0 Å². The fraction of sp³-hybridized carbons (Fsp3) is 0.917. The molecule has 0 heterocycles. The van der Waals surface area contributed by atoms with Gasteiger partial charge in [0.25, 0.3) is 6.17 Å². The summed E-state index contributed by atoms with van der Waals surface area (Å²) in [5, 5.41) is 0. The van der Waals surface area contributed by atoms with Crippen LogP contribution in [0.4, 0.5) is 110 Å². The highest BCUT2D eigenvalue weighted by atomic mass is 19.4. The summed E-state index contributed by atoms with van der Waals surface area (Å²) in [7, 11) is 0. The van der Waals surface area contributed by atoms with Gasteiger partial charge in [-0.05, 0) is 0 Å². The third kappa shape index (κ3) is 4.28. The molecule has 0 aliphatic heterocycles. The smallest absolute Gasteiger partial charge is 0.226 e. The summed E-state index contributed by atoms with van der Waals surface area (Å²) in [6.07, 6.45) is -22.0. The topological polar surface area (TPSA) is 0 Å². The highest BCUT2D eigenvalue weighted by molar-refractivity contribution is 5.21. The zero-order valence-corrected chi connectivity index (χ0v) is 15.4. The summed E-state index contributed by atoms with van der Waals surface area (Å²) in [6, 6.07) is 0. The average molecular weight is 619 g/mol. The molecule has 0 bridgehead atoms. The minimum absolute atomic E-state index is 6.09. The molecule has 0 spiro atoms. The first-order valence-corrected chi connectivity index (χ1v) is 7.47. The Labute approximate surface area is 183 Å². The number of halogens is 25. The van der Waals surface area contributed by atoms with Crippen LogP contribution in [0, 0.1) is 6.17 Å². The number of hydrogen-bond donors (Lipinski definition) is 0. The molecule has 223 valence electrons. The van der Waals surface area contributed by atoms with E-state index in [1.165, 1.54) is 0 Å². The first-order valence-electron chi connectivity index (χ1n) is 7.47. The molecule has 0 aliphatic rings. The van der Waals surface area contributed by atoms with Gasteiger partial charge in [-0.25, -0.2) is 4.39 Å². The first-order chi connectivity index (χ1) is 15.4. The third-order valence-electron chi connectivity index (χ3n) is 4.02. The number of rotatable bonds is 9. The van der Waals surface area contributed by atoms with Crippen LogP contribution in [0.1, 0.15) is 0 Å². The predicted molar refractivity (Wildman–Crippen MR) is 61.0 cm³/mol. The molecule has 0 aromatic rings. The fourth-order valence-corrected chi connectivity index (χ4v) is 1.82. The molecule has 0 aromatic carbocycles. The molecule has 0 fully saturated rings. The van der Waals surface area contributed by atoms with Gasteiger partial charge in [0.2, 0.25) is 0 Å². The molecule has 0 amide bonds. The van der Waals surface area contributed by atoms with Gasteiger partial charge >= 0.3 is 65.7 Å². The second-order valence-electron chi connectivity index (χ2n) is 6.48. The van der Waals surface area contributed by atoms with E-state index in [4.69, 9.17) is 0 Å². The van der Waals surface area contributed by atoms with E-state index in [1.807, 2.05) is 0 Å². The Hall–Kier alpha value is -1.75. The monoisotopic (exact) mass is 619 g/mol. The van der Waals surface area contributed by atoms with Crippen molar-refractivity contribution in [2.24, 2.45) is 0 Å². The minimum atomic E-state index is -9.48. The lowest BCUT2D eigenvalue weighted by molar-refractivity contribution is -0.469. The summed E-state index contributed by atoms with van der Waals surface area (Å²) < 4.78 is 319. The maximum atomic E-state index is 13.3. The molecule has 0 unspecified atom stereocenters. The molecule has 0 rings (SSSR count). The lowest BCUT2D eigenvalue weighted by Crippen LogP contribution is -2.76. The molecule has 0 nitrogen and oxygen atoms in total. The van der Waals surface area contributed by atoms with Crippen molar-refractivity contribution in [2.45, 2.75) is 65.7 Å².